The summed E-state index contributed by atoms with van der Waals surface area (Å²) in [5, 5.41) is 17.2. The van der Waals surface area contributed by atoms with Crippen LogP contribution in [0, 0.1) is 25.2 Å². The fraction of sp³-hybridized carbons (Fsp3) is 0.333. The number of aromatic nitrogens is 2. The molecule has 6 nitrogen and oxygen atoms in total. The van der Waals surface area contributed by atoms with Gasteiger partial charge in [-0.05, 0) is 56.5 Å². The van der Waals surface area contributed by atoms with Crippen molar-refractivity contribution in [1.82, 2.24) is 15.1 Å². The summed E-state index contributed by atoms with van der Waals surface area (Å²) in [6, 6.07) is 8.99. The number of nitrogens with zero attached hydrogens (tertiary/aromatic N) is 4. The molecule has 0 saturated carbocycles. The van der Waals surface area contributed by atoms with E-state index in [1.54, 1.807) is 31.2 Å². The number of rotatable bonds is 3. The molecule has 122 valence electrons. The molecule has 2 heterocycles. The van der Waals surface area contributed by atoms with Crippen LogP contribution in [0.1, 0.15) is 40.0 Å². The predicted octanol–water partition coefficient (Wildman–Crippen LogP) is 2.99. The van der Waals surface area contributed by atoms with Crippen LogP contribution in [0.4, 0.5) is 0 Å². The zero-order valence-corrected chi connectivity index (χ0v) is 13.7. The Morgan fingerprint density at radius 3 is 2.46 bits per heavy atom. The van der Waals surface area contributed by atoms with Crippen molar-refractivity contribution in [2.24, 2.45) is 0 Å². The van der Waals surface area contributed by atoms with Crippen LogP contribution in [-0.4, -0.2) is 34.1 Å². The maximum Gasteiger partial charge on any atom is 0.257 e. The lowest BCUT2D eigenvalue weighted by molar-refractivity contribution is 0.0793. The Hall–Kier alpha value is -2.94. The first-order chi connectivity index (χ1) is 11.6. The molecule has 1 amide bonds. The van der Waals surface area contributed by atoms with E-state index in [1.165, 1.54) is 0 Å². The molecule has 0 N–H and O–H groups in total. The number of benzene rings is 1. The molecule has 2 aromatic rings. The van der Waals surface area contributed by atoms with Crippen molar-refractivity contribution in [3.8, 4) is 17.7 Å². The van der Waals surface area contributed by atoms with Crippen molar-refractivity contribution in [2.75, 3.05) is 13.1 Å². The Balaban J connectivity index is 1.79. The van der Waals surface area contributed by atoms with Gasteiger partial charge in [-0.2, -0.15) is 10.4 Å². The van der Waals surface area contributed by atoms with Gasteiger partial charge in [-0.1, -0.05) is 0 Å². The van der Waals surface area contributed by atoms with Gasteiger partial charge in [0.25, 0.3) is 11.8 Å². The van der Waals surface area contributed by atoms with Crippen molar-refractivity contribution >= 4 is 5.91 Å². The highest BCUT2D eigenvalue weighted by molar-refractivity contribution is 5.94. The van der Waals surface area contributed by atoms with E-state index in [-0.39, 0.29) is 11.8 Å². The number of aryl methyl sites for hydroxylation is 1. The third-order valence-electron chi connectivity index (χ3n) is 4.24. The number of carbonyl (C=O) groups excluding carboxylic acids is 1. The molecule has 1 fully saturated rings. The largest absolute Gasteiger partial charge is 0.437 e. The molecule has 0 aliphatic carbocycles. The molecule has 0 unspecified atom stereocenters. The van der Waals surface area contributed by atoms with Crippen molar-refractivity contribution in [2.45, 2.75) is 26.7 Å². The molecule has 0 bridgehead atoms. The summed E-state index contributed by atoms with van der Waals surface area (Å²) in [6.07, 6.45) is 2.13. The van der Waals surface area contributed by atoms with Crippen molar-refractivity contribution in [1.29, 1.82) is 5.26 Å². The maximum absolute atomic E-state index is 12.3. The summed E-state index contributed by atoms with van der Waals surface area (Å²) in [5.41, 5.74) is 2.46. The minimum absolute atomic E-state index is 0.0442. The molecule has 1 aliphatic rings. The first-order valence-corrected chi connectivity index (χ1v) is 7.91. The van der Waals surface area contributed by atoms with Crippen LogP contribution < -0.4 is 4.74 Å². The summed E-state index contributed by atoms with van der Waals surface area (Å²) < 4.78 is 5.68. The molecule has 1 saturated heterocycles. The average molecular weight is 322 g/mol. The van der Waals surface area contributed by atoms with Gasteiger partial charge in [0.05, 0.1) is 5.69 Å². The summed E-state index contributed by atoms with van der Waals surface area (Å²) in [5.74, 6) is 0.740. The van der Waals surface area contributed by atoms with E-state index in [0.717, 1.165) is 31.5 Å². The van der Waals surface area contributed by atoms with E-state index in [2.05, 4.69) is 16.3 Å². The van der Waals surface area contributed by atoms with E-state index in [1.807, 2.05) is 11.8 Å². The molecule has 1 aliphatic heterocycles. The van der Waals surface area contributed by atoms with Gasteiger partial charge >= 0.3 is 0 Å². The van der Waals surface area contributed by atoms with E-state index < -0.39 is 0 Å². The smallest absolute Gasteiger partial charge is 0.257 e. The standard InChI is InChI=1S/C18H18N4O2/c1-12-13(2)20-21-17(16(12)11-19)24-15-7-5-14(6-8-15)18(23)22-9-3-4-10-22/h5-8H,3-4,9-10H2,1-2H3. The molecule has 0 spiro atoms. The Kier molecular flexibility index (Phi) is 4.43. The minimum atomic E-state index is 0.0442. The highest BCUT2D eigenvalue weighted by atomic mass is 16.5. The summed E-state index contributed by atoms with van der Waals surface area (Å²) >= 11 is 0. The Morgan fingerprint density at radius 2 is 1.83 bits per heavy atom. The number of amides is 1. The van der Waals surface area contributed by atoms with Crippen molar-refractivity contribution in [3.63, 3.8) is 0 Å². The Labute approximate surface area is 140 Å². The quantitative estimate of drug-likeness (QED) is 0.868. The topological polar surface area (TPSA) is 79.1 Å². The zero-order valence-electron chi connectivity index (χ0n) is 13.7. The number of ether oxygens (including phenoxy) is 1. The molecule has 1 aromatic carbocycles. The summed E-state index contributed by atoms with van der Waals surface area (Å²) in [7, 11) is 0. The highest BCUT2D eigenvalue weighted by Crippen LogP contribution is 2.26. The SMILES string of the molecule is Cc1nnc(Oc2ccc(C(=O)N3CCCC3)cc2)c(C#N)c1C. The predicted molar refractivity (Wildman–Crippen MR) is 87.9 cm³/mol. The van der Waals surface area contributed by atoms with Crippen LogP contribution in [0.25, 0.3) is 0 Å². The van der Waals surface area contributed by atoms with Gasteiger partial charge < -0.3 is 9.64 Å². The second-order valence-corrected chi connectivity index (χ2v) is 5.83. The monoisotopic (exact) mass is 322 g/mol. The lowest BCUT2D eigenvalue weighted by Gasteiger charge is -2.15. The third-order valence-corrected chi connectivity index (χ3v) is 4.24. The van der Waals surface area contributed by atoms with Crippen molar-refractivity contribution < 1.29 is 9.53 Å². The average Bonchev–Trinajstić information content (AvgIpc) is 3.13. The van der Waals surface area contributed by atoms with Crippen molar-refractivity contribution in [3.05, 3.63) is 46.6 Å². The molecule has 3 rings (SSSR count). The lowest BCUT2D eigenvalue weighted by Crippen LogP contribution is -2.27. The fourth-order valence-corrected chi connectivity index (χ4v) is 2.67. The van der Waals surface area contributed by atoms with Crippen LogP contribution in [0.3, 0.4) is 0 Å². The number of likely N-dealkylation sites (tertiary alicyclic amines) is 1. The lowest BCUT2D eigenvalue weighted by atomic mass is 10.1. The second-order valence-electron chi connectivity index (χ2n) is 5.83. The van der Waals surface area contributed by atoms with Crippen LogP contribution in [0.5, 0.6) is 11.6 Å². The molecule has 0 atom stereocenters. The number of nitriles is 1. The van der Waals surface area contributed by atoms with E-state index >= 15 is 0 Å². The van der Waals surface area contributed by atoms with Gasteiger partial charge in [0, 0.05) is 18.7 Å². The minimum Gasteiger partial charge on any atom is -0.437 e. The van der Waals surface area contributed by atoms with Gasteiger partial charge in [0.15, 0.2) is 0 Å². The van der Waals surface area contributed by atoms with Gasteiger partial charge in [0.2, 0.25) is 0 Å². The van der Waals surface area contributed by atoms with Crippen LogP contribution in [0.15, 0.2) is 24.3 Å². The van der Waals surface area contributed by atoms with E-state index in [4.69, 9.17) is 4.74 Å². The zero-order chi connectivity index (χ0) is 17.1. The first-order valence-electron chi connectivity index (χ1n) is 7.91. The highest BCUT2D eigenvalue weighted by Gasteiger charge is 2.19. The first kappa shape index (κ1) is 15.9. The van der Waals surface area contributed by atoms with Crippen LogP contribution in [0.2, 0.25) is 0 Å². The molecule has 6 heteroatoms. The van der Waals surface area contributed by atoms with E-state index in [9.17, 15) is 10.1 Å². The molecular weight excluding hydrogens is 304 g/mol. The van der Waals surface area contributed by atoms with Gasteiger partial charge in [-0.25, -0.2) is 0 Å². The molecule has 1 aromatic heterocycles. The van der Waals surface area contributed by atoms with E-state index in [0.29, 0.717) is 22.6 Å². The van der Waals surface area contributed by atoms with Crippen LogP contribution >= 0.6 is 0 Å². The van der Waals surface area contributed by atoms with Gasteiger partial charge in [-0.15, -0.1) is 5.10 Å². The summed E-state index contributed by atoms with van der Waals surface area (Å²) in [4.78, 5) is 14.2. The molecule has 24 heavy (non-hydrogen) atoms. The third kappa shape index (κ3) is 3.06. The van der Waals surface area contributed by atoms with Crippen LogP contribution in [-0.2, 0) is 0 Å². The Morgan fingerprint density at radius 1 is 1.17 bits per heavy atom. The Bertz CT molecular complexity index is 803. The fourth-order valence-electron chi connectivity index (χ4n) is 2.67. The molecular formula is C18H18N4O2. The number of carbonyl (C=O) groups is 1. The maximum atomic E-state index is 12.3. The second kappa shape index (κ2) is 6.67. The van der Waals surface area contributed by atoms with Gasteiger partial charge in [-0.3, -0.25) is 4.79 Å². The summed E-state index contributed by atoms with van der Waals surface area (Å²) in [6.45, 7) is 5.25. The molecule has 0 radical (unpaired) electrons. The number of hydrogen-bond acceptors (Lipinski definition) is 5. The number of hydrogen-bond donors (Lipinski definition) is 0. The normalized spacial score (nSPS) is 13.6. The van der Waals surface area contributed by atoms with Gasteiger partial charge in [0.1, 0.15) is 17.4 Å².